The zero-order chi connectivity index (χ0) is 4.50. The summed E-state index contributed by atoms with van der Waals surface area (Å²) < 4.78 is 1.00. The quantitative estimate of drug-likeness (QED) is 0.461. The average molecular weight is 163 g/mol. The van der Waals surface area contributed by atoms with Crippen molar-refractivity contribution in [2.75, 3.05) is 28.2 Å². The Hall–Kier alpha value is 0.782. The Morgan fingerprint density at radius 1 is 0.857 bits per heavy atom. The molecular weight excluding hydrogens is 150 g/mol. The summed E-state index contributed by atoms with van der Waals surface area (Å²) >= 11 is 0. The third-order valence-electron chi connectivity index (χ3n) is 0. The van der Waals surface area contributed by atoms with E-state index in [9.17, 15) is 0 Å². The van der Waals surface area contributed by atoms with Crippen molar-refractivity contribution in [2.45, 2.75) is 0 Å². The first-order valence-electron chi connectivity index (χ1n) is 1.79. The molecule has 0 unspecified atom stereocenters. The van der Waals surface area contributed by atoms with Crippen LogP contribution in [0.2, 0.25) is 0 Å². The van der Waals surface area contributed by atoms with E-state index in [1.54, 1.807) is 0 Å². The predicted octanol–water partition coefficient (Wildman–Crippen LogP) is 0.742. The number of quaternary nitrogens is 1. The molecule has 0 N–H and O–H groups in total. The summed E-state index contributed by atoms with van der Waals surface area (Å²) in [6.07, 6.45) is 0. The Labute approximate surface area is 62.8 Å². The van der Waals surface area contributed by atoms with Crippen LogP contribution in [-0.2, 0) is 17.4 Å². The van der Waals surface area contributed by atoms with Crippen molar-refractivity contribution >= 4 is 12.4 Å². The van der Waals surface area contributed by atoms with E-state index in [1.807, 2.05) is 0 Å². The van der Waals surface area contributed by atoms with E-state index in [1.165, 1.54) is 0 Å². The van der Waals surface area contributed by atoms with E-state index in [-0.39, 0.29) is 29.8 Å². The second-order valence-corrected chi connectivity index (χ2v) is 2.68. The fourth-order valence-corrected chi connectivity index (χ4v) is 0. The van der Waals surface area contributed by atoms with Crippen molar-refractivity contribution in [3.05, 3.63) is 0 Å². The minimum absolute atomic E-state index is 0. The number of nitrogens with zero attached hydrogens (tertiary/aromatic N) is 1. The normalized spacial score (nSPS) is 8.57. The molecule has 0 aliphatic heterocycles. The number of rotatable bonds is 0. The van der Waals surface area contributed by atoms with Gasteiger partial charge in [0.05, 0.1) is 28.2 Å². The van der Waals surface area contributed by atoms with Gasteiger partial charge in [-0.3, -0.25) is 0 Å². The van der Waals surface area contributed by atoms with Crippen LogP contribution in [0.15, 0.2) is 0 Å². The van der Waals surface area contributed by atoms with E-state index >= 15 is 0 Å². The van der Waals surface area contributed by atoms with Crippen LogP contribution in [0.4, 0.5) is 0 Å². The Morgan fingerprint density at radius 3 is 0.857 bits per heavy atom. The standard InChI is InChI=1S/C4H12N.ClH.Cr/c1-5(2,3)4;;/h1-4H3;1H;/q+1;;. The zero-order valence-corrected chi connectivity index (χ0v) is 7.36. The predicted molar refractivity (Wildman–Crippen MR) is 31.2 cm³/mol. The van der Waals surface area contributed by atoms with Gasteiger partial charge in [-0.15, -0.1) is 12.4 Å². The van der Waals surface area contributed by atoms with Crippen LogP contribution in [0.5, 0.6) is 0 Å². The van der Waals surface area contributed by atoms with Crippen LogP contribution in [0.3, 0.4) is 0 Å². The molecule has 7 heavy (non-hydrogen) atoms. The Bertz CT molecular complexity index is 27.2. The van der Waals surface area contributed by atoms with Gasteiger partial charge >= 0.3 is 0 Å². The monoisotopic (exact) mass is 162 g/mol. The average Bonchev–Trinajstić information content (AvgIpc) is 0.722. The Balaban J connectivity index is -0.0000000800. The fourth-order valence-electron chi connectivity index (χ4n) is 0. The summed E-state index contributed by atoms with van der Waals surface area (Å²) in [7, 11) is 8.50. The fraction of sp³-hybridized carbons (Fsp3) is 1.00. The summed E-state index contributed by atoms with van der Waals surface area (Å²) in [5, 5.41) is 0. The van der Waals surface area contributed by atoms with Gasteiger partial charge in [-0.05, 0) is 0 Å². The molecule has 1 nitrogen and oxygen atoms in total. The third-order valence-corrected chi connectivity index (χ3v) is 0. The maximum absolute atomic E-state index is 2.12. The van der Waals surface area contributed by atoms with Gasteiger partial charge in [0.15, 0.2) is 0 Å². The van der Waals surface area contributed by atoms with Crippen LogP contribution in [0.25, 0.3) is 0 Å². The molecule has 0 fully saturated rings. The molecule has 0 aromatic rings. The van der Waals surface area contributed by atoms with Gasteiger partial charge in [-0.1, -0.05) is 0 Å². The van der Waals surface area contributed by atoms with Gasteiger partial charge in [0, 0.05) is 17.4 Å². The van der Waals surface area contributed by atoms with Crippen molar-refractivity contribution in [1.82, 2.24) is 0 Å². The molecule has 0 heterocycles. The first-order valence-corrected chi connectivity index (χ1v) is 1.79. The summed E-state index contributed by atoms with van der Waals surface area (Å²) in [5.41, 5.74) is 0. The minimum Gasteiger partial charge on any atom is -0.333 e. The molecule has 0 aliphatic carbocycles. The minimum atomic E-state index is 0. The number of hydrogen-bond donors (Lipinski definition) is 0. The van der Waals surface area contributed by atoms with Crippen molar-refractivity contribution in [1.29, 1.82) is 0 Å². The van der Waals surface area contributed by atoms with Gasteiger partial charge in [0.25, 0.3) is 0 Å². The van der Waals surface area contributed by atoms with Crippen molar-refractivity contribution < 1.29 is 21.8 Å². The SMILES string of the molecule is C[N+](C)(C)C.Cl.[Cr]. The van der Waals surface area contributed by atoms with Gasteiger partial charge in [-0.25, -0.2) is 0 Å². The van der Waals surface area contributed by atoms with Crippen LogP contribution in [0, 0.1) is 0 Å². The molecule has 0 atom stereocenters. The molecule has 0 aliphatic rings. The topological polar surface area (TPSA) is 0 Å². The van der Waals surface area contributed by atoms with Crippen LogP contribution in [-0.4, -0.2) is 32.7 Å². The van der Waals surface area contributed by atoms with Crippen molar-refractivity contribution in [3.63, 3.8) is 0 Å². The van der Waals surface area contributed by atoms with Crippen LogP contribution >= 0.6 is 12.4 Å². The Morgan fingerprint density at radius 2 is 0.857 bits per heavy atom. The second kappa shape index (κ2) is 4.93. The van der Waals surface area contributed by atoms with Crippen molar-refractivity contribution in [2.24, 2.45) is 0 Å². The van der Waals surface area contributed by atoms with Gasteiger partial charge in [0.1, 0.15) is 0 Å². The molecular formula is C4H13ClCrN+. The second-order valence-electron chi connectivity index (χ2n) is 2.68. The maximum Gasteiger partial charge on any atom is 0.0675 e. The summed E-state index contributed by atoms with van der Waals surface area (Å²) in [6.45, 7) is 0. The molecule has 0 aromatic carbocycles. The largest absolute Gasteiger partial charge is 0.333 e. The van der Waals surface area contributed by atoms with E-state index in [2.05, 4.69) is 28.2 Å². The van der Waals surface area contributed by atoms with Gasteiger partial charge < -0.3 is 4.48 Å². The van der Waals surface area contributed by atoms with Gasteiger partial charge in [0.2, 0.25) is 0 Å². The van der Waals surface area contributed by atoms with Crippen molar-refractivity contribution in [3.8, 4) is 0 Å². The first-order chi connectivity index (χ1) is 2.00. The molecule has 0 amide bonds. The maximum atomic E-state index is 2.12. The molecule has 0 spiro atoms. The van der Waals surface area contributed by atoms with Crippen LogP contribution < -0.4 is 0 Å². The molecule has 3 heteroatoms. The van der Waals surface area contributed by atoms with E-state index in [0.717, 1.165) is 4.48 Å². The van der Waals surface area contributed by atoms with E-state index in [4.69, 9.17) is 0 Å². The molecule has 0 radical (unpaired) electrons. The van der Waals surface area contributed by atoms with E-state index in [0.29, 0.717) is 0 Å². The smallest absolute Gasteiger partial charge is 0.0675 e. The molecule has 0 bridgehead atoms. The molecule has 0 saturated carbocycles. The molecule has 46 valence electrons. The molecule has 0 rings (SSSR count). The summed E-state index contributed by atoms with van der Waals surface area (Å²) in [6, 6.07) is 0. The zero-order valence-electron chi connectivity index (χ0n) is 5.26. The Kier molecular flexibility index (Phi) is 11.0. The number of hydrogen-bond acceptors (Lipinski definition) is 0. The molecule has 0 saturated heterocycles. The summed E-state index contributed by atoms with van der Waals surface area (Å²) in [5.74, 6) is 0. The van der Waals surface area contributed by atoms with Crippen LogP contribution in [0.1, 0.15) is 0 Å². The molecule has 0 aromatic heterocycles. The van der Waals surface area contributed by atoms with Gasteiger partial charge in [-0.2, -0.15) is 0 Å². The summed E-state index contributed by atoms with van der Waals surface area (Å²) in [4.78, 5) is 0. The number of halogens is 1. The first kappa shape index (κ1) is 15.7. The van der Waals surface area contributed by atoms with E-state index < -0.39 is 0 Å². The third kappa shape index (κ3) is 253.